The molecule has 2 aromatic rings. The van der Waals surface area contributed by atoms with E-state index in [1.165, 1.54) is 4.31 Å². The van der Waals surface area contributed by atoms with Gasteiger partial charge in [-0.1, -0.05) is 22.0 Å². The molecule has 110 valence electrons. The zero-order valence-corrected chi connectivity index (χ0v) is 13.7. The third kappa shape index (κ3) is 2.65. The molecule has 3 rings (SSSR count). The van der Waals surface area contributed by atoms with Crippen molar-refractivity contribution >= 4 is 37.3 Å². The number of nitrogens with two attached hydrogens (primary N) is 1. The van der Waals surface area contributed by atoms with Gasteiger partial charge in [0, 0.05) is 16.7 Å². The summed E-state index contributed by atoms with van der Waals surface area (Å²) in [6.07, 6.45) is 1.69. The van der Waals surface area contributed by atoms with Crippen molar-refractivity contribution in [1.82, 2.24) is 0 Å². The molecule has 1 heterocycles. The summed E-state index contributed by atoms with van der Waals surface area (Å²) >= 11 is 3.32. The van der Waals surface area contributed by atoms with Crippen LogP contribution in [0.4, 0.5) is 11.4 Å². The van der Waals surface area contributed by atoms with Crippen molar-refractivity contribution in [3.8, 4) is 0 Å². The monoisotopic (exact) mass is 366 g/mol. The number of aryl methyl sites for hydroxylation is 1. The van der Waals surface area contributed by atoms with Gasteiger partial charge in [0.05, 0.1) is 10.6 Å². The Labute approximate surface area is 132 Å². The molecule has 0 fully saturated rings. The van der Waals surface area contributed by atoms with Crippen LogP contribution >= 0.6 is 15.9 Å². The van der Waals surface area contributed by atoms with E-state index in [9.17, 15) is 8.42 Å². The molecule has 0 aromatic heterocycles. The van der Waals surface area contributed by atoms with E-state index in [1.54, 1.807) is 30.3 Å². The smallest absolute Gasteiger partial charge is 0.264 e. The molecule has 6 heteroatoms. The van der Waals surface area contributed by atoms with E-state index in [0.717, 1.165) is 22.9 Å². The molecule has 21 heavy (non-hydrogen) atoms. The number of anilines is 2. The number of nitrogens with zero attached hydrogens (tertiary/aromatic N) is 1. The van der Waals surface area contributed by atoms with Crippen LogP contribution in [0.5, 0.6) is 0 Å². The standard InChI is InChI=1S/C15H15BrN2O2S/c16-12-4-7-14(8-5-12)21(19,20)18-9-1-2-11-3-6-13(17)10-15(11)18/h3-8,10H,1-2,9,17H2. The topological polar surface area (TPSA) is 63.4 Å². The van der Waals surface area contributed by atoms with Gasteiger partial charge < -0.3 is 5.73 Å². The van der Waals surface area contributed by atoms with Crippen molar-refractivity contribution in [2.45, 2.75) is 17.7 Å². The third-order valence-corrected chi connectivity index (χ3v) is 5.94. The fraction of sp³-hybridized carbons (Fsp3) is 0.200. The van der Waals surface area contributed by atoms with Crippen molar-refractivity contribution in [2.24, 2.45) is 0 Å². The molecule has 4 nitrogen and oxygen atoms in total. The fourth-order valence-electron chi connectivity index (χ4n) is 2.54. The summed E-state index contributed by atoms with van der Waals surface area (Å²) in [6, 6.07) is 12.2. The van der Waals surface area contributed by atoms with Gasteiger partial charge in [-0.2, -0.15) is 0 Å². The predicted octanol–water partition coefficient (Wildman–Crippen LogP) is 3.17. The summed E-state index contributed by atoms with van der Waals surface area (Å²) in [6.45, 7) is 0.481. The van der Waals surface area contributed by atoms with Crippen molar-refractivity contribution in [3.63, 3.8) is 0 Å². The van der Waals surface area contributed by atoms with E-state index in [1.807, 2.05) is 12.1 Å². The van der Waals surface area contributed by atoms with E-state index in [2.05, 4.69) is 15.9 Å². The van der Waals surface area contributed by atoms with Crippen LogP contribution in [0.2, 0.25) is 0 Å². The quantitative estimate of drug-likeness (QED) is 0.830. The zero-order chi connectivity index (χ0) is 15.0. The second kappa shape index (κ2) is 5.35. The molecular formula is C15H15BrN2O2S. The minimum Gasteiger partial charge on any atom is -0.399 e. The highest BCUT2D eigenvalue weighted by Crippen LogP contribution is 2.33. The largest absolute Gasteiger partial charge is 0.399 e. The van der Waals surface area contributed by atoms with Crippen LogP contribution < -0.4 is 10.0 Å². The summed E-state index contributed by atoms with van der Waals surface area (Å²) in [5.41, 5.74) is 8.12. The average molecular weight is 367 g/mol. The Bertz CT molecular complexity index is 773. The van der Waals surface area contributed by atoms with E-state index in [4.69, 9.17) is 5.73 Å². The Hall–Kier alpha value is -1.53. The summed E-state index contributed by atoms with van der Waals surface area (Å²) in [4.78, 5) is 0.293. The van der Waals surface area contributed by atoms with Crippen LogP contribution in [-0.4, -0.2) is 15.0 Å². The molecule has 2 aromatic carbocycles. The van der Waals surface area contributed by atoms with Crippen molar-refractivity contribution < 1.29 is 8.42 Å². The van der Waals surface area contributed by atoms with Gasteiger partial charge in [-0.3, -0.25) is 4.31 Å². The van der Waals surface area contributed by atoms with Gasteiger partial charge in [0.1, 0.15) is 0 Å². The first-order chi connectivity index (χ1) is 9.98. The Morgan fingerprint density at radius 1 is 1.10 bits per heavy atom. The van der Waals surface area contributed by atoms with Gasteiger partial charge in [-0.15, -0.1) is 0 Å². The highest BCUT2D eigenvalue weighted by Gasteiger charge is 2.29. The fourth-order valence-corrected chi connectivity index (χ4v) is 4.34. The molecule has 1 aliphatic rings. The maximum Gasteiger partial charge on any atom is 0.264 e. The first kappa shape index (κ1) is 14.4. The number of hydrogen-bond acceptors (Lipinski definition) is 3. The van der Waals surface area contributed by atoms with Gasteiger partial charge in [0.2, 0.25) is 0 Å². The van der Waals surface area contributed by atoms with Gasteiger partial charge in [-0.25, -0.2) is 8.42 Å². The number of halogens is 1. The normalized spacial score (nSPS) is 14.8. The number of nitrogen functional groups attached to an aromatic ring is 1. The van der Waals surface area contributed by atoms with Crippen molar-refractivity contribution in [3.05, 3.63) is 52.5 Å². The molecule has 0 radical (unpaired) electrons. The first-order valence-corrected chi connectivity index (χ1v) is 8.88. The molecule has 0 spiro atoms. The average Bonchev–Trinajstić information content (AvgIpc) is 2.47. The van der Waals surface area contributed by atoms with Crippen LogP contribution in [-0.2, 0) is 16.4 Å². The number of fused-ring (bicyclic) bond motifs is 1. The molecule has 0 bridgehead atoms. The second-order valence-corrected chi connectivity index (χ2v) is 7.80. The summed E-state index contributed by atoms with van der Waals surface area (Å²) in [7, 11) is -3.55. The molecule has 0 saturated heterocycles. The number of benzene rings is 2. The van der Waals surface area contributed by atoms with Gasteiger partial charge in [0.15, 0.2) is 0 Å². The molecule has 0 aliphatic carbocycles. The maximum atomic E-state index is 12.8. The van der Waals surface area contributed by atoms with E-state index >= 15 is 0 Å². The lowest BCUT2D eigenvalue weighted by Crippen LogP contribution is -2.35. The molecule has 1 aliphatic heterocycles. The van der Waals surface area contributed by atoms with E-state index in [0.29, 0.717) is 22.8 Å². The highest BCUT2D eigenvalue weighted by atomic mass is 79.9. The van der Waals surface area contributed by atoms with Gasteiger partial charge in [-0.05, 0) is 54.8 Å². The molecule has 0 atom stereocenters. The predicted molar refractivity (Wildman–Crippen MR) is 87.8 cm³/mol. The number of rotatable bonds is 2. The third-order valence-electron chi connectivity index (χ3n) is 3.59. The summed E-state index contributed by atoms with van der Waals surface area (Å²) in [5.74, 6) is 0. The minimum atomic E-state index is -3.55. The van der Waals surface area contributed by atoms with E-state index in [-0.39, 0.29) is 0 Å². The Balaban J connectivity index is 2.09. The first-order valence-electron chi connectivity index (χ1n) is 6.65. The van der Waals surface area contributed by atoms with Crippen LogP contribution in [0, 0.1) is 0 Å². The maximum absolute atomic E-state index is 12.8. The minimum absolute atomic E-state index is 0.293. The lowest BCUT2D eigenvalue weighted by Gasteiger charge is -2.30. The van der Waals surface area contributed by atoms with E-state index < -0.39 is 10.0 Å². The highest BCUT2D eigenvalue weighted by molar-refractivity contribution is 9.10. The Morgan fingerprint density at radius 3 is 2.52 bits per heavy atom. The number of sulfonamides is 1. The number of hydrogen-bond donors (Lipinski definition) is 1. The lowest BCUT2D eigenvalue weighted by atomic mass is 10.0. The zero-order valence-electron chi connectivity index (χ0n) is 11.3. The van der Waals surface area contributed by atoms with Crippen molar-refractivity contribution in [1.29, 1.82) is 0 Å². The molecule has 0 amide bonds. The molecule has 2 N–H and O–H groups in total. The molecule has 0 unspecified atom stereocenters. The molecular weight excluding hydrogens is 352 g/mol. The summed E-state index contributed by atoms with van der Waals surface area (Å²) in [5, 5.41) is 0. The van der Waals surface area contributed by atoms with Crippen LogP contribution in [0.1, 0.15) is 12.0 Å². The summed E-state index contributed by atoms with van der Waals surface area (Å²) < 4.78 is 28.0. The SMILES string of the molecule is Nc1ccc2c(c1)N(S(=O)(=O)c1ccc(Br)cc1)CCC2. The Kier molecular flexibility index (Phi) is 3.67. The second-order valence-electron chi connectivity index (χ2n) is 5.02. The van der Waals surface area contributed by atoms with Crippen LogP contribution in [0.3, 0.4) is 0 Å². The van der Waals surface area contributed by atoms with Gasteiger partial charge in [0.25, 0.3) is 10.0 Å². The lowest BCUT2D eigenvalue weighted by molar-refractivity contribution is 0.586. The van der Waals surface area contributed by atoms with Crippen LogP contribution in [0.15, 0.2) is 51.8 Å². The molecule has 0 saturated carbocycles. The van der Waals surface area contributed by atoms with Gasteiger partial charge >= 0.3 is 0 Å². The Morgan fingerprint density at radius 2 is 1.81 bits per heavy atom. The van der Waals surface area contributed by atoms with Crippen molar-refractivity contribution in [2.75, 3.05) is 16.6 Å². The van der Waals surface area contributed by atoms with Crippen LogP contribution in [0.25, 0.3) is 0 Å².